The fourth-order valence-corrected chi connectivity index (χ4v) is 2.51. The Morgan fingerprint density at radius 2 is 2.15 bits per heavy atom. The standard InChI is InChI=1S/C14H16N4O.ClH/c1-2-4-12-11(3-1)15-7-8-18(12)9-13-16-14(17-19-13)10-5-6-10;/h1-4,10,15H,5-9H2;1H. The van der Waals surface area contributed by atoms with E-state index in [1.807, 2.05) is 6.07 Å². The van der Waals surface area contributed by atoms with Crippen LogP contribution in [0.3, 0.4) is 0 Å². The Balaban J connectivity index is 0.00000121. The number of halogens is 1. The minimum absolute atomic E-state index is 0. The molecule has 1 aliphatic carbocycles. The van der Waals surface area contributed by atoms with E-state index in [0.29, 0.717) is 12.5 Å². The molecular formula is C14H17ClN4O. The lowest BCUT2D eigenvalue weighted by atomic mass is 10.2. The van der Waals surface area contributed by atoms with Gasteiger partial charge in [0.1, 0.15) is 0 Å². The van der Waals surface area contributed by atoms with Crippen molar-refractivity contribution in [3.63, 3.8) is 0 Å². The Labute approximate surface area is 123 Å². The van der Waals surface area contributed by atoms with Crippen LogP contribution >= 0.6 is 12.4 Å². The monoisotopic (exact) mass is 292 g/mol. The summed E-state index contributed by atoms with van der Waals surface area (Å²) in [7, 11) is 0. The fraction of sp³-hybridized carbons (Fsp3) is 0.429. The number of para-hydroxylation sites is 2. The maximum Gasteiger partial charge on any atom is 0.246 e. The molecule has 20 heavy (non-hydrogen) atoms. The Morgan fingerprint density at radius 3 is 3.00 bits per heavy atom. The zero-order chi connectivity index (χ0) is 12.7. The van der Waals surface area contributed by atoms with E-state index >= 15 is 0 Å². The molecule has 2 aliphatic rings. The summed E-state index contributed by atoms with van der Waals surface area (Å²) >= 11 is 0. The van der Waals surface area contributed by atoms with Crippen LogP contribution in [0.25, 0.3) is 0 Å². The highest BCUT2D eigenvalue weighted by Crippen LogP contribution is 2.38. The van der Waals surface area contributed by atoms with E-state index in [1.54, 1.807) is 0 Å². The van der Waals surface area contributed by atoms with Gasteiger partial charge in [-0.1, -0.05) is 17.3 Å². The first-order valence-corrected chi connectivity index (χ1v) is 6.80. The predicted octanol–water partition coefficient (Wildman–Crippen LogP) is 2.80. The Morgan fingerprint density at radius 1 is 1.30 bits per heavy atom. The van der Waals surface area contributed by atoms with Crippen LogP contribution in [-0.4, -0.2) is 23.2 Å². The molecule has 4 rings (SSSR count). The van der Waals surface area contributed by atoms with Gasteiger partial charge >= 0.3 is 0 Å². The van der Waals surface area contributed by atoms with Gasteiger partial charge < -0.3 is 14.7 Å². The van der Waals surface area contributed by atoms with Crippen LogP contribution in [0.4, 0.5) is 11.4 Å². The number of benzene rings is 1. The number of aromatic nitrogens is 2. The van der Waals surface area contributed by atoms with Crippen LogP contribution in [-0.2, 0) is 6.54 Å². The van der Waals surface area contributed by atoms with Crippen LogP contribution in [0.15, 0.2) is 28.8 Å². The van der Waals surface area contributed by atoms with Crippen molar-refractivity contribution in [3.8, 4) is 0 Å². The molecule has 0 amide bonds. The van der Waals surface area contributed by atoms with Crippen LogP contribution < -0.4 is 10.2 Å². The number of hydrogen-bond acceptors (Lipinski definition) is 5. The smallest absolute Gasteiger partial charge is 0.246 e. The van der Waals surface area contributed by atoms with Crippen LogP contribution in [0.2, 0.25) is 0 Å². The first kappa shape index (κ1) is 13.2. The summed E-state index contributed by atoms with van der Waals surface area (Å²) in [6.45, 7) is 2.59. The molecule has 0 saturated heterocycles. The van der Waals surface area contributed by atoms with Gasteiger partial charge in [0.05, 0.1) is 17.9 Å². The number of nitrogens with zero attached hydrogens (tertiary/aromatic N) is 3. The molecule has 1 aromatic heterocycles. The van der Waals surface area contributed by atoms with Gasteiger partial charge in [0.25, 0.3) is 0 Å². The van der Waals surface area contributed by atoms with Crippen molar-refractivity contribution in [1.29, 1.82) is 0 Å². The fourth-order valence-electron chi connectivity index (χ4n) is 2.51. The van der Waals surface area contributed by atoms with Gasteiger partial charge in [0.15, 0.2) is 5.82 Å². The van der Waals surface area contributed by atoms with Crippen molar-refractivity contribution < 1.29 is 4.52 Å². The van der Waals surface area contributed by atoms with Crippen LogP contribution in [0, 0.1) is 0 Å². The summed E-state index contributed by atoms with van der Waals surface area (Å²) in [5, 5.41) is 7.47. The van der Waals surface area contributed by atoms with E-state index in [0.717, 1.165) is 24.8 Å². The molecule has 1 N–H and O–H groups in total. The van der Waals surface area contributed by atoms with E-state index in [2.05, 4.69) is 38.6 Å². The average molecular weight is 293 g/mol. The number of anilines is 2. The van der Waals surface area contributed by atoms with Gasteiger partial charge in [0, 0.05) is 19.0 Å². The van der Waals surface area contributed by atoms with Crippen molar-refractivity contribution >= 4 is 23.8 Å². The van der Waals surface area contributed by atoms with E-state index < -0.39 is 0 Å². The molecule has 2 heterocycles. The first-order valence-electron chi connectivity index (χ1n) is 6.80. The molecule has 2 aromatic rings. The highest BCUT2D eigenvalue weighted by Gasteiger charge is 2.29. The predicted molar refractivity (Wildman–Crippen MR) is 79.5 cm³/mol. The first-order chi connectivity index (χ1) is 9.40. The molecule has 0 radical (unpaired) electrons. The summed E-state index contributed by atoms with van der Waals surface area (Å²) in [4.78, 5) is 6.79. The molecule has 106 valence electrons. The molecule has 1 saturated carbocycles. The third-order valence-electron chi connectivity index (χ3n) is 3.69. The second-order valence-electron chi connectivity index (χ2n) is 5.19. The Kier molecular flexibility index (Phi) is 3.53. The average Bonchev–Trinajstić information content (AvgIpc) is 3.20. The second-order valence-corrected chi connectivity index (χ2v) is 5.19. The van der Waals surface area contributed by atoms with E-state index in [1.165, 1.54) is 24.2 Å². The largest absolute Gasteiger partial charge is 0.382 e. The third-order valence-corrected chi connectivity index (χ3v) is 3.69. The summed E-state index contributed by atoms with van der Waals surface area (Å²) in [5.41, 5.74) is 2.38. The van der Waals surface area contributed by atoms with Crippen molar-refractivity contribution in [2.75, 3.05) is 23.3 Å². The quantitative estimate of drug-likeness (QED) is 0.943. The van der Waals surface area contributed by atoms with E-state index in [4.69, 9.17) is 4.52 Å². The van der Waals surface area contributed by atoms with Gasteiger partial charge in [-0.15, -0.1) is 12.4 Å². The Bertz CT molecular complexity index is 596. The van der Waals surface area contributed by atoms with Crippen molar-refractivity contribution in [2.24, 2.45) is 0 Å². The minimum Gasteiger partial charge on any atom is -0.382 e. The molecule has 0 bridgehead atoms. The van der Waals surface area contributed by atoms with Crippen molar-refractivity contribution in [2.45, 2.75) is 25.3 Å². The topological polar surface area (TPSA) is 54.2 Å². The zero-order valence-electron chi connectivity index (χ0n) is 11.1. The van der Waals surface area contributed by atoms with Gasteiger partial charge in [-0.2, -0.15) is 4.98 Å². The molecule has 1 aromatic carbocycles. The van der Waals surface area contributed by atoms with E-state index in [9.17, 15) is 0 Å². The molecule has 0 spiro atoms. The van der Waals surface area contributed by atoms with Crippen molar-refractivity contribution in [1.82, 2.24) is 10.1 Å². The van der Waals surface area contributed by atoms with Gasteiger partial charge in [-0.05, 0) is 25.0 Å². The number of hydrogen-bond donors (Lipinski definition) is 1. The maximum absolute atomic E-state index is 5.36. The number of nitrogens with one attached hydrogen (secondary N) is 1. The summed E-state index contributed by atoms with van der Waals surface area (Å²) in [5.74, 6) is 2.16. The lowest BCUT2D eigenvalue weighted by Crippen LogP contribution is -2.33. The van der Waals surface area contributed by atoms with Gasteiger partial charge in [-0.25, -0.2) is 0 Å². The van der Waals surface area contributed by atoms with Crippen LogP contribution in [0.1, 0.15) is 30.5 Å². The van der Waals surface area contributed by atoms with Gasteiger partial charge in [0.2, 0.25) is 5.89 Å². The summed E-state index contributed by atoms with van der Waals surface area (Å²) < 4.78 is 5.36. The number of fused-ring (bicyclic) bond motifs is 1. The van der Waals surface area contributed by atoms with E-state index in [-0.39, 0.29) is 12.4 Å². The summed E-state index contributed by atoms with van der Waals surface area (Å²) in [6.07, 6.45) is 2.41. The second kappa shape index (κ2) is 5.32. The highest BCUT2D eigenvalue weighted by atomic mass is 35.5. The maximum atomic E-state index is 5.36. The summed E-state index contributed by atoms with van der Waals surface area (Å²) in [6, 6.07) is 8.33. The highest BCUT2D eigenvalue weighted by molar-refractivity contribution is 5.85. The lowest BCUT2D eigenvalue weighted by Gasteiger charge is -2.30. The molecule has 1 fully saturated rings. The molecule has 5 nitrogen and oxygen atoms in total. The molecule has 6 heteroatoms. The van der Waals surface area contributed by atoms with Crippen LogP contribution in [0.5, 0.6) is 0 Å². The molecule has 0 atom stereocenters. The molecular weight excluding hydrogens is 276 g/mol. The SMILES string of the molecule is Cl.c1ccc2c(c1)NCCN2Cc1nc(C2CC2)no1. The molecule has 1 aliphatic heterocycles. The Hall–Kier alpha value is -1.75. The molecule has 0 unspecified atom stereocenters. The normalized spacial score (nSPS) is 17.1. The van der Waals surface area contributed by atoms with Crippen molar-refractivity contribution in [3.05, 3.63) is 36.0 Å². The van der Waals surface area contributed by atoms with Gasteiger partial charge in [-0.3, -0.25) is 0 Å². The minimum atomic E-state index is 0. The number of rotatable bonds is 3. The lowest BCUT2D eigenvalue weighted by molar-refractivity contribution is 0.371. The zero-order valence-corrected chi connectivity index (χ0v) is 11.9. The third kappa shape index (κ3) is 2.45.